The maximum absolute atomic E-state index is 13.2. The van der Waals surface area contributed by atoms with Gasteiger partial charge in [0.25, 0.3) is 0 Å². The summed E-state index contributed by atoms with van der Waals surface area (Å²) in [7, 11) is 0. The average Bonchev–Trinajstić information content (AvgIpc) is 2.71. The number of ether oxygens (including phenoxy) is 2. The van der Waals surface area contributed by atoms with Crippen LogP contribution in [-0.4, -0.2) is 6.79 Å². The summed E-state index contributed by atoms with van der Waals surface area (Å²) in [6.07, 6.45) is -4.10. The van der Waals surface area contributed by atoms with E-state index in [0.717, 1.165) is 0 Å². The molecule has 0 atom stereocenters. The maximum Gasteiger partial charge on any atom is 0.420 e. The van der Waals surface area contributed by atoms with Crippen molar-refractivity contribution in [2.24, 2.45) is 0 Å². The first-order valence-electron chi connectivity index (χ1n) is 5.88. The summed E-state index contributed by atoms with van der Waals surface area (Å²) in [5, 5.41) is 0. The van der Waals surface area contributed by atoms with Crippen LogP contribution in [0.4, 0.5) is 13.2 Å². The third-order valence-corrected chi connectivity index (χ3v) is 3.06. The normalized spacial score (nSPS) is 14.4. The Hall–Kier alpha value is -1.39. The summed E-state index contributed by atoms with van der Waals surface area (Å²) in [6, 6.07) is 1.67. The molecule has 0 bridgehead atoms. The molecule has 0 saturated carbocycles. The summed E-state index contributed by atoms with van der Waals surface area (Å²) in [5.74, 6) is 0.0440. The van der Waals surface area contributed by atoms with E-state index in [-0.39, 0.29) is 24.2 Å². The van der Waals surface area contributed by atoms with Gasteiger partial charge in [-0.25, -0.2) is 0 Å². The van der Waals surface area contributed by atoms with E-state index in [4.69, 9.17) is 9.47 Å². The molecule has 1 aliphatic rings. The average molecular weight is 260 g/mol. The van der Waals surface area contributed by atoms with E-state index in [0.29, 0.717) is 17.5 Å². The number of alkyl halides is 3. The minimum Gasteiger partial charge on any atom is -0.454 e. The summed E-state index contributed by atoms with van der Waals surface area (Å²) >= 11 is 0. The Morgan fingerprint density at radius 1 is 1.28 bits per heavy atom. The van der Waals surface area contributed by atoms with Gasteiger partial charge >= 0.3 is 6.18 Å². The van der Waals surface area contributed by atoms with E-state index in [9.17, 15) is 13.2 Å². The van der Waals surface area contributed by atoms with E-state index in [2.05, 4.69) is 0 Å². The third kappa shape index (κ3) is 2.02. The molecule has 1 aliphatic heterocycles. The van der Waals surface area contributed by atoms with Gasteiger partial charge in [0.05, 0.1) is 0 Å². The molecule has 0 amide bonds. The van der Waals surface area contributed by atoms with Gasteiger partial charge in [-0.1, -0.05) is 20.8 Å². The molecule has 0 spiro atoms. The Balaban J connectivity index is 2.75. The second kappa shape index (κ2) is 4.37. The van der Waals surface area contributed by atoms with Crippen molar-refractivity contribution in [2.75, 3.05) is 6.79 Å². The van der Waals surface area contributed by atoms with Crippen molar-refractivity contribution in [1.82, 2.24) is 0 Å². The highest BCUT2D eigenvalue weighted by Gasteiger charge is 2.41. The number of halogens is 3. The molecule has 18 heavy (non-hydrogen) atoms. The lowest BCUT2D eigenvalue weighted by molar-refractivity contribution is -0.139. The molecular formula is C13H15F3O2. The van der Waals surface area contributed by atoms with Crippen LogP contribution in [0.3, 0.4) is 0 Å². The Bertz CT molecular complexity index is 464. The van der Waals surface area contributed by atoms with Crippen molar-refractivity contribution in [1.29, 1.82) is 0 Å². The molecule has 2 rings (SSSR count). The van der Waals surface area contributed by atoms with Crippen LogP contribution in [0.1, 0.15) is 43.4 Å². The molecule has 0 N–H and O–H groups in total. The molecule has 100 valence electrons. The fourth-order valence-electron chi connectivity index (χ4n) is 2.30. The molecule has 0 aromatic heterocycles. The summed E-state index contributed by atoms with van der Waals surface area (Å²) in [5.41, 5.74) is 0.305. The van der Waals surface area contributed by atoms with Crippen LogP contribution in [0.5, 0.6) is 11.5 Å². The molecule has 5 heteroatoms. The SMILES string of the molecule is CCc1c(C(C)C)cc2c(c1C(F)(F)F)OCO2. The predicted octanol–water partition coefficient (Wildman–Crippen LogP) is 4.12. The quantitative estimate of drug-likeness (QED) is 0.796. The van der Waals surface area contributed by atoms with Crippen molar-refractivity contribution < 1.29 is 22.6 Å². The van der Waals surface area contributed by atoms with Gasteiger partial charge in [-0.3, -0.25) is 0 Å². The zero-order chi connectivity index (χ0) is 13.5. The molecule has 2 nitrogen and oxygen atoms in total. The summed E-state index contributed by atoms with van der Waals surface area (Å²) in [4.78, 5) is 0. The van der Waals surface area contributed by atoms with E-state index in [1.165, 1.54) is 0 Å². The van der Waals surface area contributed by atoms with E-state index in [1.54, 1.807) is 13.0 Å². The van der Waals surface area contributed by atoms with E-state index in [1.807, 2.05) is 13.8 Å². The topological polar surface area (TPSA) is 18.5 Å². The van der Waals surface area contributed by atoms with Crippen LogP contribution in [0.2, 0.25) is 0 Å². The molecule has 0 unspecified atom stereocenters. The first-order chi connectivity index (χ1) is 8.36. The first-order valence-corrected chi connectivity index (χ1v) is 5.88. The van der Waals surface area contributed by atoms with Crippen molar-refractivity contribution >= 4 is 0 Å². The number of hydrogen-bond acceptors (Lipinski definition) is 2. The van der Waals surface area contributed by atoms with Crippen LogP contribution >= 0.6 is 0 Å². The first kappa shape index (κ1) is 13.1. The molecule has 0 aliphatic carbocycles. The number of benzene rings is 1. The molecule has 0 radical (unpaired) electrons. The van der Waals surface area contributed by atoms with Crippen LogP contribution in [-0.2, 0) is 12.6 Å². The van der Waals surface area contributed by atoms with Crippen molar-refractivity contribution in [3.05, 3.63) is 22.8 Å². The Kier molecular flexibility index (Phi) is 3.17. The maximum atomic E-state index is 13.2. The summed E-state index contributed by atoms with van der Waals surface area (Å²) in [6.45, 7) is 5.31. The fraction of sp³-hybridized carbons (Fsp3) is 0.538. The lowest BCUT2D eigenvalue weighted by Crippen LogP contribution is -2.13. The van der Waals surface area contributed by atoms with Gasteiger partial charge in [0, 0.05) is 0 Å². The standard InChI is InChI=1S/C13H15F3O2/c1-4-8-9(7(2)3)5-10-12(18-6-17-10)11(8)13(14,15)16/h5,7H,4,6H2,1-3H3. The second-order valence-electron chi connectivity index (χ2n) is 4.56. The third-order valence-electron chi connectivity index (χ3n) is 3.06. The van der Waals surface area contributed by atoms with Gasteiger partial charge in [0.1, 0.15) is 5.56 Å². The lowest BCUT2D eigenvalue weighted by Gasteiger charge is -2.20. The molecule has 0 fully saturated rings. The van der Waals surface area contributed by atoms with Gasteiger partial charge in [-0.05, 0) is 29.5 Å². The highest BCUT2D eigenvalue weighted by Crippen LogP contribution is 2.48. The molecular weight excluding hydrogens is 245 g/mol. The second-order valence-corrected chi connectivity index (χ2v) is 4.56. The van der Waals surface area contributed by atoms with Crippen molar-refractivity contribution in [3.8, 4) is 11.5 Å². The molecule has 1 aromatic rings. The zero-order valence-corrected chi connectivity index (χ0v) is 10.5. The van der Waals surface area contributed by atoms with Crippen LogP contribution in [0.25, 0.3) is 0 Å². The van der Waals surface area contributed by atoms with E-state index >= 15 is 0 Å². The number of hydrogen-bond donors (Lipinski definition) is 0. The molecule has 0 saturated heterocycles. The zero-order valence-electron chi connectivity index (χ0n) is 10.5. The van der Waals surface area contributed by atoms with E-state index < -0.39 is 11.7 Å². The van der Waals surface area contributed by atoms with Gasteiger partial charge in [0.15, 0.2) is 11.5 Å². The lowest BCUT2D eigenvalue weighted by atomic mass is 9.90. The predicted molar refractivity (Wildman–Crippen MR) is 61.0 cm³/mol. The van der Waals surface area contributed by atoms with Gasteiger partial charge in [-0.2, -0.15) is 13.2 Å². The van der Waals surface area contributed by atoms with Gasteiger partial charge in [0.2, 0.25) is 6.79 Å². The monoisotopic (exact) mass is 260 g/mol. The van der Waals surface area contributed by atoms with Crippen LogP contribution in [0, 0.1) is 0 Å². The van der Waals surface area contributed by atoms with Crippen molar-refractivity contribution in [3.63, 3.8) is 0 Å². The number of fused-ring (bicyclic) bond motifs is 1. The van der Waals surface area contributed by atoms with Crippen LogP contribution in [0.15, 0.2) is 6.07 Å². The minimum absolute atomic E-state index is 0.00977. The minimum atomic E-state index is -4.42. The highest BCUT2D eigenvalue weighted by molar-refractivity contribution is 5.57. The molecule has 1 aromatic carbocycles. The summed E-state index contributed by atoms with van der Waals surface area (Å²) < 4.78 is 49.7. The largest absolute Gasteiger partial charge is 0.454 e. The smallest absolute Gasteiger partial charge is 0.420 e. The Morgan fingerprint density at radius 2 is 1.94 bits per heavy atom. The van der Waals surface area contributed by atoms with Crippen LogP contribution < -0.4 is 9.47 Å². The van der Waals surface area contributed by atoms with Gasteiger partial charge < -0.3 is 9.47 Å². The Morgan fingerprint density at radius 3 is 2.44 bits per heavy atom. The van der Waals surface area contributed by atoms with Gasteiger partial charge in [-0.15, -0.1) is 0 Å². The van der Waals surface area contributed by atoms with Crippen molar-refractivity contribution in [2.45, 2.75) is 39.3 Å². The fourth-order valence-corrected chi connectivity index (χ4v) is 2.30. The Labute approximate surface area is 104 Å². The number of rotatable bonds is 2. The highest BCUT2D eigenvalue weighted by atomic mass is 19.4. The molecule has 1 heterocycles.